The first kappa shape index (κ1) is 17.1. The van der Waals surface area contributed by atoms with Crippen LogP contribution >= 0.6 is 35.0 Å². The Kier molecular flexibility index (Phi) is 5.29. The molecule has 122 valence electrons. The van der Waals surface area contributed by atoms with Crippen molar-refractivity contribution in [1.29, 1.82) is 0 Å². The molecule has 3 nitrogen and oxygen atoms in total. The van der Waals surface area contributed by atoms with Crippen LogP contribution in [-0.4, -0.2) is 11.1 Å². The Hall–Kier alpha value is -1.75. The first-order valence-corrected chi connectivity index (χ1v) is 8.96. The van der Waals surface area contributed by atoms with Gasteiger partial charge in [-0.2, -0.15) is 0 Å². The molecule has 0 radical (unpaired) electrons. The van der Waals surface area contributed by atoms with E-state index >= 15 is 0 Å². The zero-order valence-corrected chi connectivity index (χ0v) is 15.2. The first-order valence-electron chi connectivity index (χ1n) is 7.38. The van der Waals surface area contributed by atoms with Crippen LogP contribution in [0, 0.1) is 0 Å². The minimum absolute atomic E-state index is 0.185. The van der Waals surface area contributed by atoms with E-state index in [1.807, 2.05) is 24.3 Å². The van der Waals surface area contributed by atoms with Crippen LogP contribution in [0.15, 0.2) is 52.4 Å². The Balaban J connectivity index is 1.82. The average molecular weight is 377 g/mol. The number of hydrogen-bond acceptors (Lipinski definition) is 3. The molecule has 1 amide bonds. The van der Waals surface area contributed by atoms with E-state index in [0.717, 1.165) is 17.7 Å². The molecule has 1 aliphatic rings. The van der Waals surface area contributed by atoms with Crippen LogP contribution in [0.1, 0.15) is 18.1 Å². The normalized spacial score (nSPS) is 17.5. The molecule has 1 N–H and O–H groups in total. The van der Waals surface area contributed by atoms with Crippen molar-refractivity contribution in [2.24, 2.45) is 4.99 Å². The fourth-order valence-corrected chi connectivity index (χ4v) is 3.46. The predicted molar refractivity (Wildman–Crippen MR) is 103 cm³/mol. The molecule has 0 saturated carbocycles. The lowest BCUT2D eigenvalue weighted by Gasteiger charge is -1.99. The molecule has 24 heavy (non-hydrogen) atoms. The summed E-state index contributed by atoms with van der Waals surface area (Å²) in [5.41, 5.74) is 2.80. The Morgan fingerprint density at radius 2 is 1.92 bits per heavy atom. The van der Waals surface area contributed by atoms with E-state index in [1.165, 1.54) is 17.3 Å². The lowest BCUT2D eigenvalue weighted by molar-refractivity contribution is -0.115. The summed E-state index contributed by atoms with van der Waals surface area (Å²) in [5, 5.41) is 4.39. The largest absolute Gasteiger partial charge is 0.300 e. The number of amidine groups is 1. The molecule has 2 aromatic carbocycles. The van der Waals surface area contributed by atoms with Crippen LogP contribution < -0.4 is 5.32 Å². The van der Waals surface area contributed by atoms with Gasteiger partial charge in [-0.1, -0.05) is 48.3 Å². The van der Waals surface area contributed by atoms with Crippen molar-refractivity contribution >= 4 is 57.8 Å². The summed E-state index contributed by atoms with van der Waals surface area (Å²) in [6, 6.07) is 13.1. The van der Waals surface area contributed by atoms with E-state index in [0.29, 0.717) is 20.1 Å². The Morgan fingerprint density at radius 1 is 1.17 bits per heavy atom. The second-order valence-corrected chi connectivity index (χ2v) is 7.04. The van der Waals surface area contributed by atoms with E-state index in [9.17, 15) is 4.79 Å². The highest BCUT2D eigenvalue weighted by molar-refractivity contribution is 8.18. The van der Waals surface area contributed by atoms with Gasteiger partial charge in [0.15, 0.2) is 5.17 Å². The molecule has 6 heteroatoms. The maximum Gasteiger partial charge on any atom is 0.264 e. The predicted octanol–water partition coefficient (Wildman–Crippen LogP) is 5.45. The summed E-state index contributed by atoms with van der Waals surface area (Å²) >= 11 is 13.3. The summed E-state index contributed by atoms with van der Waals surface area (Å²) < 4.78 is 0. The van der Waals surface area contributed by atoms with E-state index in [1.54, 1.807) is 24.3 Å². The average Bonchev–Trinajstić information content (AvgIpc) is 2.90. The molecule has 0 unspecified atom stereocenters. The van der Waals surface area contributed by atoms with Crippen LogP contribution in [0.5, 0.6) is 0 Å². The van der Waals surface area contributed by atoms with Crippen molar-refractivity contribution in [3.63, 3.8) is 0 Å². The standard InChI is InChI=1S/C18H14Cl2N2OS/c1-2-11-3-7-14(8-4-11)21-18-22-17(23)16(24-18)9-12-5-6-13(19)10-15(12)20/h3-10H,2H2,1H3,(H,21,22,23). The quantitative estimate of drug-likeness (QED) is 0.723. The molecule has 1 heterocycles. The van der Waals surface area contributed by atoms with Gasteiger partial charge in [-0.3, -0.25) is 4.79 Å². The zero-order valence-electron chi connectivity index (χ0n) is 12.8. The Labute approximate surface area is 154 Å². The third-order valence-corrected chi connectivity index (χ3v) is 4.95. The van der Waals surface area contributed by atoms with Crippen LogP contribution in [0.2, 0.25) is 10.0 Å². The molecular formula is C18H14Cl2N2OS. The van der Waals surface area contributed by atoms with Gasteiger partial charge in [0.2, 0.25) is 0 Å². The van der Waals surface area contributed by atoms with Crippen molar-refractivity contribution < 1.29 is 4.79 Å². The smallest absolute Gasteiger partial charge is 0.264 e. The Bertz CT molecular complexity index is 845. The molecule has 0 spiro atoms. The third-order valence-electron chi connectivity index (χ3n) is 3.48. The highest BCUT2D eigenvalue weighted by Crippen LogP contribution is 2.30. The summed E-state index contributed by atoms with van der Waals surface area (Å²) in [5.74, 6) is -0.185. The van der Waals surface area contributed by atoms with Crippen molar-refractivity contribution in [3.05, 3.63) is 68.5 Å². The molecule has 3 rings (SSSR count). The van der Waals surface area contributed by atoms with Gasteiger partial charge in [0.25, 0.3) is 5.91 Å². The second-order valence-electron chi connectivity index (χ2n) is 5.17. The van der Waals surface area contributed by atoms with E-state index in [-0.39, 0.29) is 5.91 Å². The highest BCUT2D eigenvalue weighted by atomic mass is 35.5. The minimum atomic E-state index is -0.185. The monoisotopic (exact) mass is 376 g/mol. The topological polar surface area (TPSA) is 41.5 Å². The number of hydrogen-bond donors (Lipinski definition) is 1. The molecular weight excluding hydrogens is 363 g/mol. The summed E-state index contributed by atoms with van der Waals surface area (Å²) in [4.78, 5) is 17.1. The maximum absolute atomic E-state index is 12.1. The molecule has 1 fully saturated rings. The number of aliphatic imine (C=N–C) groups is 1. The molecule has 0 bridgehead atoms. The maximum atomic E-state index is 12.1. The zero-order chi connectivity index (χ0) is 17.1. The van der Waals surface area contributed by atoms with Gasteiger partial charge in [0.05, 0.1) is 10.6 Å². The summed E-state index contributed by atoms with van der Waals surface area (Å²) in [6.07, 6.45) is 2.72. The summed E-state index contributed by atoms with van der Waals surface area (Å²) in [7, 11) is 0. The van der Waals surface area contributed by atoms with Gasteiger partial charge < -0.3 is 5.32 Å². The second kappa shape index (κ2) is 7.43. The molecule has 2 aromatic rings. The minimum Gasteiger partial charge on any atom is -0.300 e. The van der Waals surface area contributed by atoms with Gasteiger partial charge in [-0.25, -0.2) is 4.99 Å². The number of thioether (sulfide) groups is 1. The number of benzene rings is 2. The molecule has 1 saturated heterocycles. The van der Waals surface area contributed by atoms with E-state index < -0.39 is 0 Å². The number of nitrogens with zero attached hydrogens (tertiary/aromatic N) is 1. The van der Waals surface area contributed by atoms with Gasteiger partial charge >= 0.3 is 0 Å². The van der Waals surface area contributed by atoms with E-state index in [2.05, 4.69) is 17.2 Å². The lowest BCUT2D eigenvalue weighted by atomic mass is 10.2. The molecule has 1 aliphatic heterocycles. The van der Waals surface area contributed by atoms with Crippen LogP contribution in [0.4, 0.5) is 5.69 Å². The van der Waals surface area contributed by atoms with Crippen molar-refractivity contribution in [1.82, 2.24) is 5.32 Å². The van der Waals surface area contributed by atoms with Crippen LogP contribution in [0.3, 0.4) is 0 Å². The SMILES string of the molecule is CCc1ccc(N=C2NC(=O)C(=Cc3ccc(Cl)cc3Cl)S2)cc1. The van der Waals surface area contributed by atoms with Crippen LogP contribution in [-0.2, 0) is 11.2 Å². The summed E-state index contributed by atoms with van der Waals surface area (Å²) in [6.45, 7) is 2.10. The van der Waals surface area contributed by atoms with Gasteiger partial charge in [0, 0.05) is 10.0 Å². The van der Waals surface area contributed by atoms with Crippen LogP contribution in [0.25, 0.3) is 6.08 Å². The molecule has 0 aliphatic carbocycles. The number of nitrogens with one attached hydrogen (secondary N) is 1. The molecule has 0 atom stereocenters. The van der Waals surface area contributed by atoms with Crippen molar-refractivity contribution in [2.75, 3.05) is 0 Å². The molecule has 0 aromatic heterocycles. The van der Waals surface area contributed by atoms with E-state index in [4.69, 9.17) is 23.2 Å². The number of rotatable bonds is 3. The van der Waals surface area contributed by atoms with Gasteiger partial charge in [0.1, 0.15) is 0 Å². The number of carbonyl (C=O) groups excluding carboxylic acids is 1. The number of halogens is 2. The fourth-order valence-electron chi connectivity index (χ4n) is 2.16. The number of carbonyl (C=O) groups is 1. The third kappa shape index (κ3) is 4.01. The van der Waals surface area contributed by atoms with Gasteiger partial charge in [-0.15, -0.1) is 0 Å². The number of aryl methyl sites for hydroxylation is 1. The Morgan fingerprint density at radius 3 is 2.58 bits per heavy atom. The first-order chi connectivity index (χ1) is 11.5. The fraction of sp³-hybridized carbons (Fsp3) is 0.111. The van der Waals surface area contributed by atoms with Crippen molar-refractivity contribution in [3.8, 4) is 0 Å². The van der Waals surface area contributed by atoms with Gasteiger partial charge in [-0.05, 0) is 59.7 Å². The number of amides is 1. The lowest BCUT2D eigenvalue weighted by Crippen LogP contribution is -2.19. The van der Waals surface area contributed by atoms with Crippen molar-refractivity contribution in [2.45, 2.75) is 13.3 Å². The highest BCUT2D eigenvalue weighted by Gasteiger charge is 2.24.